The molecule has 1 saturated heterocycles. The van der Waals surface area contributed by atoms with E-state index in [4.69, 9.17) is 11.6 Å². The fourth-order valence-corrected chi connectivity index (χ4v) is 4.76. The van der Waals surface area contributed by atoms with E-state index in [9.17, 15) is 25.9 Å². The van der Waals surface area contributed by atoms with Crippen LogP contribution in [0.15, 0.2) is 46.2 Å². The Balaban J connectivity index is 2.05. The largest absolute Gasteiger partial charge is 0.371 e. The van der Waals surface area contributed by atoms with E-state index in [2.05, 4.69) is 0 Å². The summed E-state index contributed by atoms with van der Waals surface area (Å²) in [7, 11) is -9.03. The van der Waals surface area contributed by atoms with Gasteiger partial charge >= 0.3 is 0 Å². The number of nitrogens with zero attached hydrogens (tertiary/aromatic N) is 1. The Morgan fingerprint density at radius 3 is 1.86 bits per heavy atom. The normalized spacial score (nSPS) is 15.5. The van der Waals surface area contributed by atoms with Crippen LogP contribution in [-0.2, 0) is 20.2 Å². The summed E-state index contributed by atoms with van der Waals surface area (Å²) in [5, 5.41) is 0.123. The number of hydrogen-bond acceptors (Lipinski definition) is 5. The van der Waals surface area contributed by atoms with Crippen molar-refractivity contribution in [3.8, 4) is 0 Å². The van der Waals surface area contributed by atoms with E-state index in [1.165, 1.54) is 36.4 Å². The molecular formula is C18H18ClNO6S2. The van der Waals surface area contributed by atoms with Crippen LogP contribution >= 0.6 is 11.6 Å². The second-order valence-corrected chi connectivity index (χ2v) is 9.60. The van der Waals surface area contributed by atoms with Gasteiger partial charge < -0.3 is 4.90 Å². The van der Waals surface area contributed by atoms with Gasteiger partial charge in [0.15, 0.2) is 0 Å². The minimum atomic E-state index is -4.53. The first kappa shape index (κ1) is 20.8. The van der Waals surface area contributed by atoms with E-state index < -0.39 is 25.1 Å². The number of rotatable bonds is 5. The van der Waals surface area contributed by atoms with E-state index in [1.807, 2.05) is 4.90 Å². The number of anilines is 1. The summed E-state index contributed by atoms with van der Waals surface area (Å²) >= 11 is 5.79. The van der Waals surface area contributed by atoms with Gasteiger partial charge in [0.05, 0.1) is 0 Å². The second kappa shape index (κ2) is 7.84. The highest BCUT2D eigenvalue weighted by atomic mass is 35.5. The van der Waals surface area contributed by atoms with Crippen molar-refractivity contribution in [1.82, 2.24) is 0 Å². The summed E-state index contributed by atoms with van der Waals surface area (Å²) < 4.78 is 65.8. The first-order valence-corrected chi connectivity index (χ1v) is 11.6. The standard InChI is InChI=1S/C18H18ClNO6S2/c19-15-7-5-13(17(11-15)27(21,22)23)3-4-14-6-8-16(20-9-1-2-10-20)12-18(14)28(24,25)26/h3-8,11-12H,1-2,9-10H2,(H,21,22,23)(H,24,25,26). The van der Waals surface area contributed by atoms with Gasteiger partial charge in [0.1, 0.15) is 9.79 Å². The lowest BCUT2D eigenvalue weighted by molar-refractivity contribution is 0.480. The molecule has 2 N–H and O–H groups in total. The highest BCUT2D eigenvalue weighted by molar-refractivity contribution is 7.86. The summed E-state index contributed by atoms with van der Waals surface area (Å²) in [5.41, 5.74) is 0.992. The van der Waals surface area contributed by atoms with Gasteiger partial charge in [-0.25, -0.2) is 0 Å². The summed E-state index contributed by atoms with van der Waals surface area (Å²) in [5.74, 6) is 0. The first-order valence-electron chi connectivity index (χ1n) is 8.37. The van der Waals surface area contributed by atoms with Crippen LogP contribution in [-0.4, -0.2) is 39.0 Å². The van der Waals surface area contributed by atoms with E-state index >= 15 is 0 Å². The Kier molecular flexibility index (Phi) is 5.83. The van der Waals surface area contributed by atoms with Crippen LogP contribution in [0.1, 0.15) is 24.0 Å². The van der Waals surface area contributed by atoms with Gasteiger partial charge in [-0.05, 0) is 48.2 Å². The summed E-state index contributed by atoms with van der Waals surface area (Å²) in [6, 6.07) is 8.59. The highest BCUT2D eigenvalue weighted by Crippen LogP contribution is 2.28. The molecule has 1 aliphatic heterocycles. The number of benzene rings is 2. The second-order valence-electron chi connectivity index (χ2n) is 6.38. The lowest BCUT2D eigenvalue weighted by Crippen LogP contribution is -2.18. The van der Waals surface area contributed by atoms with Crippen molar-refractivity contribution < 1.29 is 25.9 Å². The maximum atomic E-state index is 11.9. The third kappa shape index (κ3) is 4.73. The molecule has 0 atom stereocenters. The van der Waals surface area contributed by atoms with E-state index in [1.54, 1.807) is 6.07 Å². The molecule has 7 nitrogen and oxygen atoms in total. The fourth-order valence-electron chi connectivity index (χ4n) is 3.11. The van der Waals surface area contributed by atoms with E-state index in [0.717, 1.165) is 32.0 Å². The molecule has 0 spiro atoms. The Hall–Kier alpha value is -1.91. The molecule has 0 amide bonds. The molecule has 1 heterocycles. The van der Waals surface area contributed by atoms with Gasteiger partial charge in [-0.2, -0.15) is 16.8 Å². The zero-order valence-electron chi connectivity index (χ0n) is 14.6. The van der Waals surface area contributed by atoms with Crippen LogP contribution in [0.3, 0.4) is 0 Å². The predicted octanol–water partition coefficient (Wildman–Crippen LogP) is 3.60. The third-order valence-corrected chi connectivity index (χ3v) is 6.50. The summed E-state index contributed by atoms with van der Waals surface area (Å²) in [4.78, 5) is 1.34. The van der Waals surface area contributed by atoms with Crippen molar-refractivity contribution in [3.05, 3.63) is 52.5 Å². The molecule has 0 aliphatic carbocycles. The van der Waals surface area contributed by atoms with Crippen molar-refractivity contribution in [2.24, 2.45) is 0 Å². The summed E-state index contributed by atoms with van der Waals surface area (Å²) in [6.07, 6.45) is 4.71. The quantitative estimate of drug-likeness (QED) is 0.536. The maximum absolute atomic E-state index is 11.9. The molecule has 0 unspecified atom stereocenters. The lowest BCUT2D eigenvalue weighted by atomic mass is 10.1. The van der Waals surface area contributed by atoms with Crippen molar-refractivity contribution in [2.75, 3.05) is 18.0 Å². The molecule has 2 aromatic carbocycles. The highest BCUT2D eigenvalue weighted by Gasteiger charge is 2.19. The van der Waals surface area contributed by atoms with Gasteiger partial charge in [0.2, 0.25) is 0 Å². The van der Waals surface area contributed by atoms with Crippen LogP contribution < -0.4 is 4.90 Å². The van der Waals surface area contributed by atoms with Gasteiger partial charge in [-0.1, -0.05) is 35.9 Å². The molecule has 10 heteroatoms. The van der Waals surface area contributed by atoms with Crippen LogP contribution in [0.4, 0.5) is 5.69 Å². The lowest BCUT2D eigenvalue weighted by Gasteiger charge is -2.18. The Morgan fingerprint density at radius 2 is 1.32 bits per heavy atom. The molecule has 1 aliphatic rings. The molecule has 28 heavy (non-hydrogen) atoms. The third-order valence-electron chi connectivity index (χ3n) is 4.44. The van der Waals surface area contributed by atoms with Crippen molar-refractivity contribution in [3.63, 3.8) is 0 Å². The molecule has 0 saturated carbocycles. The number of halogens is 1. The molecule has 0 bridgehead atoms. The van der Waals surface area contributed by atoms with Crippen LogP contribution in [0.2, 0.25) is 5.02 Å². The van der Waals surface area contributed by atoms with E-state index in [0.29, 0.717) is 5.69 Å². The van der Waals surface area contributed by atoms with Crippen molar-refractivity contribution in [2.45, 2.75) is 22.6 Å². The van der Waals surface area contributed by atoms with Crippen LogP contribution in [0.25, 0.3) is 12.2 Å². The average Bonchev–Trinajstić information content (AvgIpc) is 3.13. The van der Waals surface area contributed by atoms with Crippen LogP contribution in [0, 0.1) is 0 Å². The van der Waals surface area contributed by atoms with Gasteiger partial charge in [-0.3, -0.25) is 9.11 Å². The minimum Gasteiger partial charge on any atom is -0.371 e. The van der Waals surface area contributed by atoms with Gasteiger partial charge in [0, 0.05) is 23.8 Å². The minimum absolute atomic E-state index is 0.122. The Labute approximate surface area is 168 Å². The SMILES string of the molecule is O=S(=O)(O)c1cc(Cl)ccc1C=Cc1ccc(N2CCCC2)cc1S(=O)(=O)O. The zero-order valence-corrected chi connectivity index (χ0v) is 17.0. The molecule has 150 valence electrons. The molecule has 3 rings (SSSR count). The van der Waals surface area contributed by atoms with Crippen molar-refractivity contribution in [1.29, 1.82) is 0 Å². The average molecular weight is 444 g/mol. The molecule has 1 fully saturated rings. The fraction of sp³-hybridized carbons (Fsp3) is 0.222. The van der Waals surface area contributed by atoms with Crippen molar-refractivity contribution >= 4 is 49.7 Å². The van der Waals surface area contributed by atoms with Crippen LogP contribution in [0.5, 0.6) is 0 Å². The Morgan fingerprint density at radius 1 is 0.821 bits per heavy atom. The molecular weight excluding hydrogens is 426 g/mol. The monoisotopic (exact) mass is 443 g/mol. The summed E-state index contributed by atoms with van der Waals surface area (Å²) in [6.45, 7) is 1.62. The molecule has 2 aromatic rings. The maximum Gasteiger partial charge on any atom is 0.295 e. The molecule has 0 aromatic heterocycles. The smallest absolute Gasteiger partial charge is 0.295 e. The van der Waals surface area contributed by atoms with Gasteiger partial charge in [-0.15, -0.1) is 0 Å². The Bertz CT molecular complexity index is 1140. The van der Waals surface area contributed by atoms with Gasteiger partial charge in [0.25, 0.3) is 20.2 Å². The topological polar surface area (TPSA) is 112 Å². The zero-order chi connectivity index (χ0) is 20.5. The first-order chi connectivity index (χ1) is 13.1. The predicted molar refractivity (Wildman–Crippen MR) is 108 cm³/mol. The molecule has 0 radical (unpaired) electrons. The van der Waals surface area contributed by atoms with E-state index in [-0.39, 0.29) is 21.0 Å². The number of hydrogen-bond donors (Lipinski definition) is 2.